The Labute approximate surface area is 109 Å². The van der Waals surface area contributed by atoms with Gasteiger partial charge in [0.15, 0.2) is 0 Å². The van der Waals surface area contributed by atoms with Gasteiger partial charge in [-0.05, 0) is 13.0 Å². The second kappa shape index (κ2) is 6.69. The standard InChI is InChI=1S/C12H15NO6/c1-8(6-7-18-2)19-11-9(12(14)15)4-3-5-10(11)13(16)17/h3-5,8H,6-7H2,1-2H3,(H,14,15). The molecule has 0 aliphatic heterocycles. The van der Waals surface area contributed by atoms with E-state index in [1.165, 1.54) is 25.3 Å². The summed E-state index contributed by atoms with van der Waals surface area (Å²) in [5.74, 6) is -1.48. The number of carboxylic acids is 1. The lowest BCUT2D eigenvalue weighted by Crippen LogP contribution is -2.17. The summed E-state index contributed by atoms with van der Waals surface area (Å²) in [4.78, 5) is 21.3. The maximum Gasteiger partial charge on any atom is 0.339 e. The molecule has 1 N–H and O–H groups in total. The van der Waals surface area contributed by atoms with Crippen LogP contribution in [0.15, 0.2) is 18.2 Å². The van der Waals surface area contributed by atoms with E-state index in [1.807, 2.05) is 0 Å². The summed E-state index contributed by atoms with van der Waals surface area (Å²) >= 11 is 0. The SMILES string of the molecule is COCCC(C)Oc1c(C(=O)O)cccc1[N+](=O)[O-]. The third-order valence-corrected chi connectivity index (χ3v) is 2.47. The van der Waals surface area contributed by atoms with Crippen LogP contribution in [-0.4, -0.2) is 35.8 Å². The van der Waals surface area contributed by atoms with Gasteiger partial charge in [-0.1, -0.05) is 6.07 Å². The van der Waals surface area contributed by atoms with Crippen molar-refractivity contribution in [3.05, 3.63) is 33.9 Å². The van der Waals surface area contributed by atoms with Gasteiger partial charge in [0.25, 0.3) is 0 Å². The summed E-state index contributed by atoms with van der Waals surface area (Å²) in [5, 5.41) is 19.9. The Hall–Kier alpha value is -2.15. The molecule has 7 nitrogen and oxygen atoms in total. The van der Waals surface area contributed by atoms with Crippen LogP contribution in [0.4, 0.5) is 5.69 Å². The molecule has 0 heterocycles. The first-order valence-electron chi connectivity index (χ1n) is 5.63. The molecule has 0 radical (unpaired) electrons. The maximum absolute atomic E-state index is 11.1. The molecule has 0 fully saturated rings. The molecular formula is C12H15NO6. The van der Waals surface area contributed by atoms with Crippen molar-refractivity contribution in [2.24, 2.45) is 0 Å². The fourth-order valence-electron chi connectivity index (χ4n) is 1.50. The minimum absolute atomic E-state index is 0.219. The normalized spacial score (nSPS) is 11.9. The average molecular weight is 269 g/mol. The molecule has 19 heavy (non-hydrogen) atoms. The molecular weight excluding hydrogens is 254 g/mol. The number of methoxy groups -OCH3 is 1. The predicted octanol–water partition coefficient (Wildman–Crippen LogP) is 2.10. The van der Waals surface area contributed by atoms with Crippen LogP contribution in [-0.2, 0) is 4.74 Å². The third kappa shape index (κ3) is 3.92. The molecule has 1 aromatic rings. The first-order valence-corrected chi connectivity index (χ1v) is 5.63. The highest BCUT2D eigenvalue weighted by molar-refractivity contribution is 5.92. The summed E-state index contributed by atoms with van der Waals surface area (Å²) in [6.45, 7) is 2.12. The van der Waals surface area contributed by atoms with Crippen LogP contribution < -0.4 is 4.74 Å². The monoisotopic (exact) mass is 269 g/mol. The number of hydrogen-bond donors (Lipinski definition) is 1. The number of hydrogen-bond acceptors (Lipinski definition) is 5. The lowest BCUT2D eigenvalue weighted by Gasteiger charge is -2.15. The zero-order valence-corrected chi connectivity index (χ0v) is 10.7. The zero-order chi connectivity index (χ0) is 14.4. The van der Waals surface area contributed by atoms with E-state index in [9.17, 15) is 14.9 Å². The number of nitro groups is 1. The Morgan fingerprint density at radius 1 is 1.53 bits per heavy atom. The van der Waals surface area contributed by atoms with Gasteiger partial charge in [-0.2, -0.15) is 0 Å². The Morgan fingerprint density at radius 3 is 2.74 bits per heavy atom. The van der Waals surface area contributed by atoms with Crippen molar-refractivity contribution < 1.29 is 24.3 Å². The fourth-order valence-corrected chi connectivity index (χ4v) is 1.50. The number of carbonyl (C=O) groups is 1. The van der Waals surface area contributed by atoms with Crippen LogP contribution in [0.5, 0.6) is 5.75 Å². The van der Waals surface area contributed by atoms with Crippen LogP contribution in [0.1, 0.15) is 23.7 Å². The second-order valence-electron chi connectivity index (χ2n) is 3.93. The average Bonchev–Trinajstić information content (AvgIpc) is 2.35. The number of para-hydroxylation sites is 1. The first-order chi connectivity index (χ1) is 8.97. The number of benzene rings is 1. The van der Waals surface area contributed by atoms with E-state index >= 15 is 0 Å². The fraction of sp³-hybridized carbons (Fsp3) is 0.417. The minimum Gasteiger partial charge on any atom is -0.483 e. The first kappa shape index (κ1) is 14.9. The van der Waals surface area contributed by atoms with Gasteiger partial charge < -0.3 is 14.6 Å². The molecule has 0 amide bonds. The summed E-state index contributed by atoms with van der Waals surface area (Å²) in [7, 11) is 1.53. The van der Waals surface area contributed by atoms with E-state index in [0.29, 0.717) is 13.0 Å². The van der Waals surface area contributed by atoms with Gasteiger partial charge in [-0.15, -0.1) is 0 Å². The van der Waals surface area contributed by atoms with Crippen molar-refractivity contribution in [3.8, 4) is 5.75 Å². The van der Waals surface area contributed by atoms with Crippen LogP contribution in [0.2, 0.25) is 0 Å². The summed E-state index contributed by atoms with van der Waals surface area (Å²) in [6.07, 6.45) is 0.112. The van der Waals surface area contributed by atoms with Gasteiger partial charge in [-0.3, -0.25) is 10.1 Å². The highest BCUT2D eigenvalue weighted by Gasteiger charge is 2.24. The molecule has 1 atom stereocenters. The second-order valence-corrected chi connectivity index (χ2v) is 3.93. The third-order valence-electron chi connectivity index (χ3n) is 2.47. The van der Waals surface area contributed by atoms with E-state index in [2.05, 4.69) is 0 Å². The van der Waals surface area contributed by atoms with Crippen molar-refractivity contribution in [1.82, 2.24) is 0 Å². The Bertz CT molecular complexity index is 441. The van der Waals surface area contributed by atoms with E-state index in [4.69, 9.17) is 14.6 Å². The molecule has 1 unspecified atom stereocenters. The highest BCUT2D eigenvalue weighted by atomic mass is 16.6. The number of ether oxygens (including phenoxy) is 2. The smallest absolute Gasteiger partial charge is 0.339 e. The van der Waals surface area contributed by atoms with Crippen molar-refractivity contribution in [3.63, 3.8) is 0 Å². The molecule has 1 aromatic carbocycles. The van der Waals surface area contributed by atoms with Crippen LogP contribution >= 0.6 is 0 Å². The molecule has 0 bridgehead atoms. The number of rotatable bonds is 7. The predicted molar refractivity (Wildman–Crippen MR) is 66.6 cm³/mol. The van der Waals surface area contributed by atoms with Gasteiger partial charge in [0, 0.05) is 26.2 Å². The molecule has 0 aliphatic rings. The summed E-state index contributed by atoms with van der Waals surface area (Å²) < 4.78 is 10.3. The summed E-state index contributed by atoms with van der Waals surface area (Å²) in [6, 6.07) is 3.80. The molecule has 1 rings (SSSR count). The lowest BCUT2D eigenvalue weighted by molar-refractivity contribution is -0.386. The molecule has 0 aliphatic carbocycles. The molecule has 0 aromatic heterocycles. The molecule has 0 saturated carbocycles. The highest BCUT2D eigenvalue weighted by Crippen LogP contribution is 2.32. The number of nitrogens with zero attached hydrogens (tertiary/aromatic N) is 1. The van der Waals surface area contributed by atoms with E-state index in [-0.39, 0.29) is 23.1 Å². The Balaban J connectivity index is 3.07. The quantitative estimate of drug-likeness (QED) is 0.601. The van der Waals surface area contributed by atoms with Crippen molar-refractivity contribution >= 4 is 11.7 Å². The number of nitro benzene ring substituents is 1. The topological polar surface area (TPSA) is 98.9 Å². The minimum atomic E-state index is -1.27. The Kier molecular flexibility index (Phi) is 5.25. The van der Waals surface area contributed by atoms with Crippen LogP contribution in [0, 0.1) is 10.1 Å². The molecule has 0 saturated heterocycles. The summed E-state index contributed by atoms with van der Waals surface area (Å²) in [5.41, 5.74) is -0.581. The van der Waals surface area contributed by atoms with Gasteiger partial charge in [0.05, 0.1) is 11.0 Å². The van der Waals surface area contributed by atoms with Crippen LogP contribution in [0.3, 0.4) is 0 Å². The van der Waals surface area contributed by atoms with Crippen LogP contribution in [0.25, 0.3) is 0 Å². The maximum atomic E-state index is 11.1. The van der Waals surface area contributed by atoms with E-state index in [1.54, 1.807) is 6.92 Å². The molecule has 104 valence electrons. The van der Waals surface area contributed by atoms with Crippen molar-refractivity contribution in [2.45, 2.75) is 19.4 Å². The van der Waals surface area contributed by atoms with E-state index in [0.717, 1.165) is 0 Å². The zero-order valence-electron chi connectivity index (χ0n) is 10.7. The van der Waals surface area contributed by atoms with E-state index < -0.39 is 10.9 Å². The van der Waals surface area contributed by atoms with Crippen molar-refractivity contribution in [2.75, 3.05) is 13.7 Å². The van der Waals surface area contributed by atoms with Gasteiger partial charge in [0.1, 0.15) is 5.56 Å². The van der Waals surface area contributed by atoms with Gasteiger partial charge in [-0.25, -0.2) is 4.79 Å². The molecule has 0 spiro atoms. The largest absolute Gasteiger partial charge is 0.483 e. The van der Waals surface area contributed by atoms with Gasteiger partial charge in [0.2, 0.25) is 5.75 Å². The number of aromatic carboxylic acids is 1. The lowest BCUT2D eigenvalue weighted by atomic mass is 10.1. The van der Waals surface area contributed by atoms with Gasteiger partial charge >= 0.3 is 11.7 Å². The number of carboxylic acid groups (broad SMARTS) is 1. The Morgan fingerprint density at radius 2 is 2.21 bits per heavy atom. The van der Waals surface area contributed by atoms with Crippen molar-refractivity contribution in [1.29, 1.82) is 0 Å². The molecule has 7 heteroatoms.